The van der Waals surface area contributed by atoms with Crippen molar-refractivity contribution in [2.24, 2.45) is 0 Å². The molecule has 0 spiro atoms. The maximum absolute atomic E-state index is 12.5. The van der Waals surface area contributed by atoms with Crippen LogP contribution in [0.4, 0.5) is 4.79 Å². The van der Waals surface area contributed by atoms with Gasteiger partial charge >= 0.3 is 12.0 Å². The van der Waals surface area contributed by atoms with Crippen LogP contribution in [0.1, 0.15) is 32.3 Å². The summed E-state index contributed by atoms with van der Waals surface area (Å²) in [6.07, 6.45) is 0.550. The van der Waals surface area contributed by atoms with Crippen molar-refractivity contribution in [1.29, 1.82) is 0 Å². The van der Waals surface area contributed by atoms with Crippen LogP contribution in [0.25, 0.3) is 0 Å². The van der Waals surface area contributed by atoms with Crippen LogP contribution in [-0.2, 0) is 11.3 Å². The Balaban J connectivity index is 2.60. The first kappa shape index (κ1) is 18.0. The van der Waals surface area contributed by atoms with Gasteiger partial charge in [0.25, 0.3) is 0 Å². The van der Waals surface area contributed by atoms with Crippen LogP contribution in [0, 0.1) is 0 Å². The normalized spacial score (nSPS) is 10.7. The number of urea groups is 1. The van der Waals surface area contributed by atoms with Crippen LogP contribution in [0.15, 0.2) is 15.2 Å². The number of rotatable bonds is 7. The topological polar surface area (TPSA) is 60.9 Å². The van der Waals surface area contributed by atoms with E-state index < -0.39 is 5.97 Å². The number of hydrogen-bond acceptors (Lipinski definition) is 3. The summed E-state index contributed by atoms with van der Waals surface area (Å²) in [4.78, 5) is 26.4. The van der Waals surface area contributed by atoms with Crippen molar-refractivity contribution < 1.29 is 14.7 Å². The highest BCUT2D eigenvalue weighted by Gasteiger charge is 2.21. The van der Waals surface area contributed by atoms with Gasteiger partial charge < -0.3 is 14.9 Å². The number of thiophene rings is 1. The highest BCUT2D eigenvalue weighted by atomic mass is 79.9. The van der Waals surface area contributed by atoms with E-state index in [1.807, 2.05) is 25.3 Å². The second kappa shape index (κ2) is 8.38. The van der Waals surface area contributed by atoms with Gasteiger partial charge in [-0.1, -0.05) is 0 Å². The van der Waals surface area contributed by atoms with Crippen LogP contribution >= 0.6 is 27.3 Å². The quantitative estimate of drug-likeness (QED) is 0.789. The van der Waals surface area contributed by atoms with E-state index in [2.05, 4.69) is 15.9 Å². The Morgan fingerprint density at radius 3 is 2.57 bits per heavy atom. The first-order valence-electron chi connectivity index (χ1n) is 6.77. The first-order chi connectivity index (χ1) is 9.81. The fraction of sp³-hybridized carbons (Fsp3) is 0.571. The molecule has 1 aromatic rings. The summed E-state index contributed by atoms with van der Waals surface area (Å²) in [5, 5.41) is 10.7. The Kier molecular flexibility index (Phi) is 7.17. The third-order valence-electron chi connectivity index (χ3n) is 3.03. The minimum Gasteiger partial charge on any atom is -0.481 e. The molecule has 21 heavy (non-hydrogen) atoms. The van der Waals surface area contributed by atoms with Gasteiger partial charge in [0.05, 0.1) is 3.79 Å². The zero-order chi connectivity index (χ0) is 16.0. The lowest BCUT2D eigenvalue weighted by Gasteiger charge is -2.31. The van der Waals surface area contributed by atoms with Crippen molar-refractivity contribution in [3.8, 4) is 0 Å². The van der Waals surface area contributed by atoms with Crippen molar-refractivity contribution in [3.63, 3.8) is 0 Å². The molecule has 5 nitrogen and oxygen atoms in total. The van der Waals surface area contributed by atoms with E-state index in [-0.39, 0.29) is 18.5 Å². The summed E-state index contributed by atoms with van der Waals surface area (Å²) in [6.45, 7) is 4.88. The van der Waals surface area contributed by atoms with Gasteiger partial charge in [-0.2, -0.15) is 0 Å². The van der Waals surface area contributed by atoms with E-state index in [0.29, 0.717) is 19.5 Å². The highest BCUT2D eigenvalue weighted by molar-refractivity contribution is 9.11. The van der Waals surface area contributed by atoms with E-state index in [1.54, 1.807) is 28.2 Å². The number of hydrogen-bond donors (Lipinski definition) is 1. The molecule has 1 heterocycles. The summed E-state index contributed by atoms with van der Waals surface area (Å²) < 4.78 is 1.04. The van der Waals surface area contributed by atoms with Gasteiger partial charge in [-0.25, -0.2) is 4.79 Å². The molecule has 0 aliphatic carbocycles. The molecule has 1 aromatic heterocycles. The minimum absolute atomic E-state index is 0.0444. The third-order valence-corrected chi connectivity index (χ3v) is 4.58. The van der Waals surface area contributed by atoms with Gasteiger partial charge in [-0.3, -0.25) is 4.79 Å². The Morgan fingerprint density at radius 1 is 1.43 bits per heavy atom. The predicted octanol–water partition coefficient (Wildman–Crippen LogP) is 3.64. The molecule has 0 aromatic carbocycles. The fourth-order valence-electron chi connectivity index (χ4n) is 1.96. The first-order valence-corrected chi connectivity index (χ1v) is 8.45. The van der Waals surface area contributed by atoms with Crippen molar-refractivity contribution >= 4 is 39.3 Å². The Morgan fingerprint density at radius 2 is 2.10 bits per heavy atom. The Hall–Kier alpha value is -1.08. The number of aliphatic carboxylic acids is 1. The van der Waals surface area contributed by atoms with Gasteiger partial charge in [0.15, 0.2) is 0 Å². The lowest BCUT2D eigenvalue weighted by Crippen LogP contribution is -2.45. The molecule has 7 heteroatoms. The molecule has 1 N–H and O–H groups in total. The van der Waals surface area contributed by atoms with E-state index in [0.717, 1.165) is 9.35 Å². The average molecular weight is 377 g/mol. The van der Waals surface area contributed by atoms with Crippen LogP contribution in [0.5, 0.6) is 0 Å². The molecular formula is C14H21BrN2O3S. The van der Waals surface area contributed by atoms with Gasteiger partial charge in [-0.05, 0) is 53.2 Å². The van der Waals surface area contributed by atoms with E-state index >= 15 is 0 Å². The van der Waals surface area contributed by atoms with E-state index in [4.69, 9.17) is 5.11 Å². The molecule has 0 aliphatic rings. The molecule has 0 bridgehead atoms. The van der Waals surface area contributed by atoms with Crippen LogP contribution < -0.4 is 0 Å². The Bertz CT molecular complexity index is 490. The lowest BCUT2D eigenvalue weighted by atomic mass is 10.2. The van der Waals surface area contributed by atoms with Crippen molar-refractivity contribution in [2.45, 2.75) is 39.3 Å². The molecule has 118 valence electrons. The monoisotopic (exact) mass is 376 g/mol. The highest BCUT2D eigenvalue weighted by Crippen LogP contribution is 2.22. The largest absolute Gasteiger partial charge is 0.481 e. The van der Waals surface area contributed by atoms with Gasteiger partial charge in [0.1, 0.15) is 0 Å². The molecule has 1 rings (SSSR count). The fourth-order valence-corrected chi connectivity index (χ4v) is 3.17. The molecule has 0 saturated heterocycles. The number of nitrogens with zero attached hydrogens (tertiary/aromatic N) is 2. The molecular weight excluding hydrogens is 356 g/mol. The summed E-state index contributed by atoms with van der Waals surface area (Å²) >= 11 is 5.00. The molecule has 0 fully saturated rings. The second-order valence-electron chi connectivity index (χ2n) is 5.18. The molecule has 0 saturated carbocycles. The zero-order valence-electron chi connectivity index (χ0n) is 12.5. The number of amides is 2. The number of carboxylic acid groups (broad SMARTS) is 1. The van der Waals surface area contributed by atoms with Crippen LogP contribution in [-0.4, -0.2) is 46.5 Å². The zero-order valence-corrected chi connectivity index (χ0v) is 14.9. The number of halogens is 1. The lowest BCUT2D eigenvalue weighted by molar-refractivity contribution is -0.137. The Labute approximate surface area is 137 Å². The van der Waals surface area contributed by atoms with Gasteiger partial charge in [0.2, 0.25) is 0 Å². The summed E-state index contributed by atoms with van der Waals surface area (Å²) in [5.41, 5.74) is 1.08. The maximum atomic E-state index is 12.5. The van der Waals surface area contributed by atoms with Crippen molar-refractivity contribution in [3.05, 3.63) is 20.8 Å². The smallest absolute Gasteiger partial charge is 0.320 e. The third kappa shape index (κ3) is 6.05. The van der Waals surface area contributed by atoms with Crippen LogP contribution in [0.2, 0.25) is 0 Å². The van der Waals surface area contributed by atoms with E-state index in [1.165, 1.54) is 0 Å². The van der Waals surface area contributed by atoms with Crippen molar-refractivity contribution in [1.82, 2.24) is 9.80 Å². The van der Waals surface area contributed by atoms with Gasteiger partial charge in [-0.15, -0.1) is 11.3 Å². The number of carbonyl (C=O) groups is 2. The number of carboxylic acids is 1. The van der Waals surface area contributed by atoms with Crippen molar-refractivity contribution in [2.75, 3.05) is 13.6 Å². The minimum atomic E-state index is -0.831. The molecule has 0 radical (unpaired) electrons. The average Bonchev–Trinajstić information content (AvgIpc) is 2.78. The second-order valence-corrected chi connectivity index (χ2v) is 7.47. The molecule has 0 aliphatic heterocycles. The van der Waals surface area contributed by atoms with E-state index in [9.17, 15) is 9.59 Å². The molecule has 0 unspecified atom stereocenters. The summed E-state index contributed by atoms with van der Waals surface area (Å²) in [7, 11) is 1.76. The number of carbonyl (C=O) groups excluding carboxylic acids is 1. The molecule has 2 amide bonds. The van der Waals surface area contributed by atoms with Gasteiger partial charge in [0, 0.05) is 32.6 Å². The molecule has 0 atom stereocenters. The summed E-state index contributed by atoms with van der Waals surface area (Å²) in [5.74, 6) is -0.831. The van der Waals surface area contributed by atoms with Crippen LogP contribution in [0.3, 0.4) is 0 Å². The maximum Gasteiger partial charge on any atom is 0.320 e. The SMILES string of the molecule is CC(C)N(CCCC(=O)O)C(=O)N(C)Cc1csc(Br)c1. The predicted molar refractivity (Wildman–Crippen MR) is 87.6 cm³/mol. The standard InChI is InChI=1S/C14H21BrN2O3S/c1-10(2)17(6-4-5-13(18)19)14(20)16(3)8-11-7-12(15)21-9-11/h7,9-10H,4-6,8H2,1-3H3,(H,18,19). The summed E-state index contributed by atoms with van der Waals surface area (Å²) in [6, 6.07) is 1.97.